The third-order valence-corrected chi connectivity index (χ3v) is 4.98. The molecule has 0 aliphatic rings. The number of rotatable bonds is 4. The molecule has 4 rings (SSSR count). The number of nitrogens with zero attached hydrogens (tertiary/aromatic N) is 4. The highest BCUT2D eigenvalue weighted by molar-refractivity contribution is 7.18. The van der Waals surface area contributed by atoms with Gasteiger partial charge in [-0.2, -0.15) is 5.10 Å². The Morgan fingerprint density at radius 1 is 1.36 bits per heavy atom. The highest BCUT2D eigenvalue weighted by Gasteiger charge is 2.19. The van der Waals surface area contributed by atoms with Crippen molar-refractivity contribution in [1.29, 1.82) is 0 Å². The van der Waals surface area contributed by atoms with Gasteiger partial charge in [-0.25, -0.2) is 4.98 Å². The lowest BCUT2D eigenvalue weighted by Gasteiger charge is -2.09. The molecule has 25 heavy (non-hydrogen) atoms. The van der Waals surface area contributed by atoms with Crippen molar-refractivity contribution < 1.29 is 9.32 Å². The number of benzene rings is 1. The number of aromatic nitrogens is 4. The second-order valence-electron chi connectivity index (χ2n) is 5.69. The summed E-state index contributed by atoms with van der Waals surface area (Å²) in [6.45, 7) is 1.90. The number of amides is 1. The Labute approximate surface area is 147 Å². The van der Waals surface area contributed by atoms with Crippen LogP contribution in [0.4, 0.5) is 0 Å². The number of hydrogen-bond acceptors (Lipinski definition) is 6. The van der Waals surface area contributed by atoms with E-state index in [4.69, 9.17) is 4.52 Å². The Balaban J connectivity index is 1.50. The zero-order valence-corrected chi connectivity index (χ0v) is 14.4. The van der Waals surface area contributed by atoms with Crippen molar-refractivity contribution in [2.45, 2.75) is 13.0 Å². The van der Waals surface area contributed by atoms with Gasteiger partial charge in [0.05, 0.1) is 28.0 Å². The van der Waals surface area contributed by atoms with Crippen molar-refractivity contribution in [3.8, 4) is 11.3 Å². The minimum atomic E-state index is -0.300. The van der Waals surface area contributed by atoms with Gasteiger partial charge in [-0.15, -0.1) is 11.3 Å². The SMILES string of the molecule is C[C@H](NC(=O)c1cc(-c2cnn(C)c2)on1)c1nc2ccccc2s1. The Bertz CT molecular complexity index is 1020. The van der Waals surface area contributed by atoms with Gasteiger partial charge in [-0.3, -0.25) is 9.48 Å². The predicted octanol–water partition coefficient (Wildman–Crippen LogP) is 3.18. The number of aryl methyl sites for hydroxylation is 1. The predicted molar refractivity (Wildman–Crippen MR) is 94.2 cm³/mol. The first-order chi connectivity index (χ1) is 12.1. The smallest absolute Gasteiger partial charge is 0.274 e. The quantitative estimate of drug-likeness (QED) is 0.609. The van der Waals surface area contributed by atoms with E-state index in [1.54, 1.807) is 34.5 Å². The molecule has 0 radical (unpaired) electrons. The second kappa shape index (κ2) is 6.14. The zero-order valence-electron chi connectivity index (χ0n) is 13.6. The second-order valence-corrected chi connectivity index (χ2v) is 6.76. The number of hydrogen-bond donors (Lipinski definition) is 1. The Morgan fingerprint density at radius 3 is 2.96 bits per heavy atom. The fraction of sp³-hybridized carbons (Fsp3) is 0.176. The van der Waals surface area contributed by atoms with Crippen LogP contribution in [0.3, 0.4) is 0 Å². The van der Waals surface area contributed by atoms with Gasteiger partial charge in [-0.05, 0) is 19.1 Å². The fourth-order valence-corrected chi connectivity index (χ4v) is 3.44. The van der Waals surface area contributed by atoms with Gasteiger partial charge in [0.2, 0.25) is 0 Å². The van der Waals surface area contributed by atoms with E-state index in [2.05, 4.69) is 20.6 Å². The van der Waals surface area contributed by atoms with E-state index in [-0.39, 0.29) is 17.6 Å². The lowest BCUT2D eigenvalue weighted by Crippen LogP contribution is -2.26. The summed E-state index contributed by atoms with van der Waals surface area (Å²) in [5.74, 6) is 0.205. The maximum Gasteiger partial charge on any atom is 0.274 e. The summed E-state index contributed by atoms with van der Waals surface area (Å²) in [7, 11) is 1.81. The molecule has 0 aliphatic carbocycles. The van der Waals surface area contributed by atoms with Crippen LogP contribution < -0.4 is 5.32 Å². The van der Waals surface area contributed by atoms with Crippen LogP contribution in [-0.2, 0) is 7.05 Å². The van der Waals surface area contributed by atoms with Gasteiger partial charge >= 0.3 is 0 Å². The van der Waals surface area contributed by atoms with Crippen LogP contribution in [0, 0.1) is 0 Å². The molecule has 0 aliphatic heterocycles. The normalized spacial score (nSPS) is 12.4. The van der Waals surface area contributed by atoms with Crippen LogP contribution in [0.5, 0.6) is 0 Å². The number of para-hydroxylation sites is 1. The van der Waals surface area contributed by atoms with Gasteiger partial charge in [-0.1, -0.05) is 17.3 Å². The summed E-state index contributed by atoms with van der Waals surface area (Å²) in [5, 5.41) is 11.7. The molecule has 1 atom stereocenters. The zero-order chi connectivity index (χ0) is 17.4. The van der Waals surface area contributed by atoms with E-state index >= 15 is 0 Å². The molecule has 1 N–H and O–H groups in total. The van der Waals surface area contributed by atoms with Crippen LogP contribution in [-0.4, -0.2) is 25.8 Å². The molecule has 8 heteroatoms. The van der Waals surface area contributed by atoms with Crippen molar-refractivity contribution in [3.63, 3.8) is 0 Å². The first kappa shape index (κ1) is 15.5. The summed E-state index contributed by atoms with van der Waals surface area (Å²) < 4.78 is 8.00. The summed E-state index contributed by atoms with van der Waals surface area (Å²) in [6, 6.07) is 9.29. The largest absolute Gasteiger partial charge is 0.355 e. The highest BCUT2D eigenvalue weighted by atomic mass is 32.1. The molecule has 7 nitrogen and oxygen atoms in total. The van der Waals surface area contributed by atoms with Crippen molar-refractivity contribution in [2.75, 3.05) is 0 Å². The summed E-state index contributed by atoms with van der Waals surface area (Å²) in [4.78, 5) is 17.0. The fourth-order valence-electron chi connectivity index (χ4n) is 2.47. The van der Waals surface area contributed by atoms with Gasteiger partial charge in [0.15, 0.2) is 11.5 Å². The average molecular weight is 353 g/mol. The van der Waals surface area contributed by atoms with Crippen molar-refractivity contribution in [3.05, 3.63) is 53.4 Å². The van der Waals surface area contributed by atoms with Crippen LogP contribution >= 0.6 is 11.3 Å². The number of nitrogens with one attached hydrogen (secondary N) is 1. The van der Waals surface area contributed by atoms with Crippen molar-refractivity contribution in [1.82, 2.24) is 25.2 Å². The van der Waals surface area contributed by atoms with E-state index in [0.717, 1.165) is 20.8 Å². The maximum atomic E-state index is 12.4. The molecule has 1 amide bonds. The highest BCUT2D eigenvalue weighted by Crippen LogP contribution is 2.26. The lowest BCUT2D eigenvalue weighted by atomic mass is 10.2. The molecular formula is C17H15N5O2S. The van der Waals surface area contributed by atoms with Crippen molar-refractivity contribution in [2.24, 2.45) is 7.05 Å². The molecule has 0 saturated heterocycles. The molecule has 0 fully saturated rings. The number of fused-ring (bicyclic) bond motifs is 1. The first-order valence-electron chi connectivity index (χ1n) is 7.72. The van der Waals surface area contributed by atoms with Gasteiger partial charge < -0.3 is 9.84 Å². The van der Waals surface area contributed by atoms with Crippen LogP contribution in [0.1, 0.15) is 28.5 Å². The van der Waals surface area contributed by atoms with Crippen LogP contribution in [0.15, 0.2) is 47.2 Å². The monoisotopic (exact) mass is 353 g/mol. The number of carbonyl (C=O) groups is 1. The maximum absolute atomic E-state index is 12.4. The minimum absolute atomic E-state index is 0.219. The Morgan fingerprint density at radius 2 is 2.20 bits per heavy atom. The van der Waals surface area contributed by atoms with Crippen LogP contribution in [0.2, 0.25) is 0 Å². The molecule has 0 bridgehead atoms. The number of carbonyl (C=O) groups excluding carboxylic acids is 1. The topological polar surface area (TPSA) is 85.8 Å². The third-order valence-electron chi connectivity index (χ3n) is 3.76. The van der Waals surface area contributed by atoms with E-state index in [9.17, 15) is 4.79 Å². The Hall–Kier alpha value is -3.00. The Kier molecular flexibility index (Phi) is 3.81. The van der Waals surface area contributed by atoms with Crippen LogP contribution in [0.25, 0.3) is 21.5 Å². The molecule has 3 heterocycles. The van der Waals surface area contributed by atoms with E-state index in [1.807, 2.05) is 38.2 Å². The average Bonchev–Trinajstić information content (AvgIpc) is 3.33. The molecule has 0 unspecified atom stereocenters. The standard InChI is InChI=1S/C17H15N5O2S/c1-10(17-20-12-5-3-4-6-15(12)25-17)19-16(23)13-7-14(24-21-13)11-8-18-22(2)9-11/h3-10H,1-2H3,(H,19,23)/t10-/m0/s1. The van der Waals surface area contributed by atoms with E-state index in [1.165, 1.54) is 0 Å². The molecule has 0 spiro atoms. The number of thiazole rings is 1. The van der Waals surface area contributed by atoms with Gasteiger partial charge in [0, 0.05) is 19.3 Å². The molecule has 4 aromatic rings. The van der Waals surface area contributed by atoms with Gasteiger partial charge in [0.25, 0.3) is 5.91 Å². The third kappa shape index (κ3) is 3.03. The van der Waals surface area contributed by atoms with Gasteiger partial charge in [0.1, 0.15) is 5.01 Å². The summed E-state index contributed by atoms with van der Waals surface area (Å²) in [6.07, 6.45) is 3.46. The van der Waals surface area contributed by atoms with E-state index in [0.29, 0.717) is 5.76 Å². The molecule has 1 aromatic carbocycles. The summed E-state index contributed by atoms with van der Waals surface area (Å²) >= 11 is 1.57. The summed E-state index contributed by atoms with van der Waals surface area (Å²) in [5.41, 5.74) is 1.93. The molecule has 0 saturated carbocycles. The molecule has 126 valence electrons. The lowest BCUT2D eigenvalue weighted by molar-refractivity contribution is 0.0931. The molecule has 3 aromatic heterocycles. The van der Waals surface area contributed by atoms with Crippen molar-refractivity contribution >= 4 is 27.5 Å². The minimum Gasteiger partial charge on any atom is -0.355 e. The first-order valence-corrected chi connectivity index (χ1v) is 8.54. The molecular weight excluding hydrogens is 338 g/mol. The van der Waals surface area contributed by atoms with E-state index < -0.39 is 0 Å².